The fourth-order valence-corrected chi connectivity index (χ4v) is 4.86. The predicted octanol–water partition coefficient (Wildman–Crippen LogP) is 6.14. The molecule has 0 N–H and O–H groups in total. The number of anilines is 1. The Morgan fingerprint density at radius 2 is 1.56 bits per heavy atom. The zero-order chi connectivity index (χ0) is 22.3. The van der Waals surface area contributed by atoms with E-state index in [0.717, 1.165) is 28.1 Å². The van der Waals surface area contributed by atoms with Crippen molar-refractivity contribution in [3.8, 4) is 5.69 Å². The lowest BCUT2D eigenvalue weighted by Gasteiger charge is -2.23. The van der Waals surface area contributed by atoms with Gasteiger partial charge in [0.1, 0.15) is 11.2 Å². The molecule has 0 spiro atoms. The van der Waals surface area contributed by atoms with Crippen molar-refractivity contribution in [3.05, 3.63) is 114 Å². The van der Waals surface area contributed by atoms with Gasteiger partial charge in [-0.3, -0.25) is 0 Å². The zero-order valence-electron chi connectivity index (χ0n) is 19.1. The molecule has 1 aromatic heterocycles. The number of likely N-dealkylation sites (N-methyl/N-ethyl adjacent to an activating group) is 1. The van der Waals surface area contributed by atoms with E-state index < -0.39 is 0 Å². The number of allylic oxidation sites excluding steroid dienone is 3. The molecule has 0 fully saturated rings. The van der Waals surface area contributed by atoms with E-state index in [9.17, 15) is 0 Å². The van der Waals surface area contributed by atoms with Crippen LogP contribution in [0.25, 0.3) is 22.8 Å². The van der Waals surface area contributed by atoms with Gasteiger partial charge in [-0.2, -0.15) is 4.57 Å². The molecule has 0 saturated heterocycles. The van der Waals surface area contributed by atoms with Crippen molar-refractivity contribution in [1.29, 1.82) is 0 Å². The lowest BCUT2D eigenvalue weighted by molar-refractivity contribution is -0.570. The highest BCUT2D eigenvalue weighted by Crippen LogP contribution is 2.46. The Bertz CT molecular complexity index is 1360. The first-order valence-electron chi connectivity index (χ1n) is 11.1. The van der Waals surface area contributed by atoms with Crippen molar-refractivity contribution in [3.63, 3.8) is 0 Å². The van der Waals surface area contributed by atoms with Gasteiger partial charge >= 0.3 is 0 Å². The Labute approximate surface area is 190 Å². The van der Waals surface area contributed by atoms with Crippen molar-refractivity contribution < 1.29 is 4.57 Å². The summed E-state index contributed by atoms with van der Waals surface area (Å²) in [6, 6.07) is 27.5. The Morgan fingerprint density at radius 1 is 0.875 bits per heavy atom. The third-order valence-corrected chi connectivity index (χ3v) is 6.49. The molecule has 3 heteroatoms. The van der Waals surface area contributed by atoms with Gasteiger partial charge in [-0.1, -0.05) is 68.5 Å². The number of rotatable bonds is 3. The Morgan fingerprint density at radius 3 is 2.34 bits per heavy atom. The van der Waals surface area contributed by atoms with Crippen molar-refractivity contribution >= 4 is 22.8 Å². The topological polar surface area (TPSA) is 20.0 Å². The molecule has 1 aliphatic heterocycles. The van der Waals surface area contributed by atoms with Crippen molar-refractivity contribution in [2.75, 3.05) is 11.9 Å². The molecule has 0 aliphatic carbocycles. The Balaban J connectivity index is 1.63. The quantitative estimate of drug-likeness (QED) is 0.372. The minimum Gasteiger partial charge on any atom is -0.347 e. The van der Waals surface area contributed by atoms with E-state index in [0.29, 0.717) is 0 Å². The third kappa shape index (κ3) is 3.21. The van der Waals surface area contributed by atoms with Gasteiger partial charge in [0, 0.05) is 48.1 Å². The van der Waals surface area contributed by atoms with E-state index in [1.54, 1.807) is 0 Å². The second-order valence-electron chi connectivity index (χ2n) is 8.85. The van der Waals surface area contributed by atoms with E-state index in [2.05, 4.69) is 128 Å². The summed E-state index contributed by atoms with van der Waals surface area (Å²) in [6.45, 7) is 6.67. The molecule has 0 saturated carbocycles. The van der Waals surface area contributed by atoms with E-state index >= 15 is 0 Å². The van der Waals surface area contributed by atoms with Crippen LogP contribution in [0.1, 0.15) is 30.8 Å². The highest BCUT2D eigenvalue weighted by molar-refractivity contribution is 5.73. The molecule has 0 amide bonds. The number of benzene rings is 3. The lowest BCUT2D eigenvalue weighted by atomic mass is 9.84. The minimum absolute atomic E-state index is 0.0399. The molecule has 0 radical (unpaired) electrons. The first-order valence-corrected chi connectivity index (χ1v) is 11.1. The summed E-state index contributed by atoms with van der Waals surface area (Å²) in [4.78, 5) is 7.19. The maximum absolute atomic E-state index is 4.88. The van der Waals surface area contributed by atoms with Crippen molar-refractivity contribution in [2.45, 2.75) is 26.2 Å². The van der Waals surface area contributed by atoms with Gasteiger partial charge in [0.25, 0.3) is 0 Å². The number of para-hydroxylation sites is 4. The lowest BCUT2D eigenvalue weighted by Crippen LogP contribution is -2.36. The second-order valence-corrected chi connectivity index (χ2v) is 8.85. The van der Waals surface area contributed by atoms with Crippen LogP contribution in [0.4, 0.5) is 5.69 Å². The maximum Gasteiger partial charge on any atom is 0.237 e. The summed E-state index contributed by atoms with van der Waals surface area (Å²) in [6.07, 6.45) is 6.59. The summed E-state index contributed by atoms with van der Waals surface area (Å²) >= 11 is 0. The fourth-order valence-electron chi connectivity index (χ4n) is 4.86. The molecule has 1 aliphatic rings. The molecular weight excluding hydrogens is 390 g/mol. The molecule has 0 bridgehead atoms. The first kappa shape index (κ1) is 20.2. The number of nitrogens with zero attached hydrogens (tertiary/aromatic N) is 3. The van der Waals surface area contributed by atoms with Crippen LogP contribution in [0.2, 0.25) is 0 Å². The standard InChI is InChI=1S/C29H28N3/c1-21-25(19-12-20-28-29(2,3)23-15-8-10-17-26(23)31(28)4)32(22-13-6-5-7-14-22)27-18-11-9-16-24(27)30-21/h5-20H,1-4H3/q+1. The van der Waals surface area contributed by atoms with Crippen LogP contribution in [0.15, 0.2) is 96.7 Å². The summed E-state index contributed by atoms with van der Waals surface area (Å²) in [5.41, 5.74) is 9.21. The predicted molar refractivity (Wildman–Crippen MR) is 133 cm³/mol. The molecule has 158 valence electrons. The summed E-state index contributed by atoms with van der Waals surface area (Å²) in [5.74, 6) is 0. The first-order chi connectivity index (χ1) is 15.5. The van der Waals surface area contributed by atoms with E-state index in [1.165, 1.54) is 16.9 Å². The normalized spacial score (nSPS) is 16.2. The number of fused-ring (bicyclic) bond motifs is 2. The Hall–Kier alpha value is -3.72. The zero-order valence-corrected chi connectivity index (χ0v) is 19.1. The van der Waals surface area contributed by atoms with Crippen LogP contribution < -0.4 is 9.47 Å². The van der Waals surface area contributed by atoms with Gasteiger partial charge in [0.05, 0.1) is 0 Å². The van der Waals surface area contributed by atoms with Crippen LogP contribution in [-0.4, -0.2) is 12.0 Å². The monoisotopic (exact) mass is 418 g/mol. The van der Waals surface area contributed by atoms with E-state index in [4.69, 9.17) is 4.98 Å². The molecule has 3 aromatic carbocycles. The van der Waals surface area contributed by atoms with Gasteiger partial charge in [-0.15, -0.1) is 0 Å². The van der Waals surface area contributed by atoms with Gasteiger partial charge in [0.2, 0.25) is 16.9 Å². The summed E-state index contributed by atoms with van der Waals surface area (Å²) in [7, 11) is 2.15. The van der Waals surface area contributed by atoms with Gasteiger partial charge in [-0.05, 0) is 30.7 Å². The largest absolute Gasteiger partial charge is 0.347 e. The summed E-state index contributed by atoms with van der Waals surface area (Å²) in [5, 5.41) is 0. The second kappa shape index (κ2) is 7.76. The Kier molecular flexibility index (Phi) is 4.90. The highest BCUT2D eigenvalue weighted by Gasteiger charge is 2.37. The molecular formula is C29H28N3+. The number of aromatic nitrogens is 2. The smallest absolute Gasteiger partial charge is 0.237 e. The molecule has 32 heavy (non-hydrogen) atoms. The number of hydrogen-bond acceptors (Lipinski definition) is 2. The molecule has 4 aromatic rings. The average Bonchev–Trinajstić information content (AvgIpc) is 3.00. The molecule has 0 unspecified atom stereocenters. The van der Waals surface area contributed by atoms with Crippen molar-refractivity contribution in [1.82, 2.24) is 4.98 Å². The average molecular weight is 419 g/mol. The minimum atomic E-state index is -0.0399. The maximum atomic E-state index is 4.88. The molecule has 5 rings (SSSR count). The molecule has 0 atom stereocenters. The van der Waals surface area contributed by atoms with Crippen LogP contribution >= 0.6 is 0 Å². The highest BCUT2D eigenvalue weighted by atomic mass is 15.2. The van der Waals surface area contributed by atoms with Gasteiger partial charge < -0.3 is 4.90 Å². The van der Waals surface area contributed by atoms with Crippen molar-refractivity contribution in [2.24, 2.45) is 0 Å². The van der Waals surface area contributed by atoms with Crippen LogP contribution in [0.3, 0.4) is 0 Å². The van der Waals surface area contributed by atoms with Gasteiger partial charge in [0.15, 0.2) is 0 Å². The van der Waals surface area contributed by atoms with Crippen LogP contribution in [0.5, 0.6) is 0 Å². The molecule has 2 heterocycles. The van der Waals surface area contributed by atoms with Gasteiger partial charge in [-0.25, -0.2) is 4.98 Å². The van der Waals surface area contributed by atoms with E-state index in [1.807, 2.05) is 6.07 Å². The van der Waals surface area contributed by atoms with Crippen LogP contribution in [0, 0.1) is 6.92 Å². The number of aryl methyl sites for hydroxylation is 1. The summed E-state index contributed by atoms with van der Waals surface area (Å²) < 4.78 is 2.30. The SMILES string of the molecule is Cc1nc2ccccc2[n+](-c2ccccc2)c1C=CC=C1N(C)c2ccccc2C1(C)C. The number of hydrogen-bond donors (Lipinski definition) is 0. The third-order valence-electron chi connectivity index (χ3n) is 6.49. The molecule has 3 nitrogen and oxygen atoms in total. The fraction of sp³-hybridized carbons (Fsp3) is 0.172. The van der Waals surface area contributed by atoms with E-state index in [-0.39, 0.29) is 5.41 Å². The van der Waals surface area contributed by atoms with Crippen LogP contribution in [-0.2, 0) is 5.41 Å².